The molecule has 3 heteroatoms. The Hall–Kier alpha value is -0.980. The van der Waals surface area contributed by atoms with Crippen molar-refractivity contribution in [3.8, 4) is 6.07 Å². The maximum absolute atomic E-state index is 9.28. The van der Waals surface area contributed by atoms with Crippen LogP contribution in [0.3, 0.4) is 0 Å². The molecule has 0 amide bonds. The lowest BCUT2D eigenvalue weighted by Gasteiger charge is -2.16. The van der Waals surface area contributed by atoms with Crippen LogP contribution in [0.5, 0.6) is 0 Å². The van der Waals surface area contributed by atoms with Gasteiger partial charge in [0.2, 0.25) is 0 Å². The molecule has 0 heterocycles. The van der Waals surface area contributed by atoms with Crippen LogP contribution in [-0.2, 0) is 6.54 Å². The molecule has 1 unspecified atom stereocenters. The van der Waals surface area contributed by atoms with Crippen molar-refractivity contribution in [2.75, 3.05) is 6.54 Å². The highest BCUT2D eigenvalue weighted by atomic mass is 32.2. The molecule has 0 aliphatic rings. The van der Waals surface area contributed by atoms with Gasteiger partial charge in [-0.2, -0.15) is 5.26 Å². The maximum atomic E-state index is 9.28. The van der Waals surface area contributed by atoms with Crippen LogP contribution in [0.25, 0.3) is 0 Å². The van der Waals surface area contributed by atoms with Crippen LogP contribution in [0.15, 0.2) is 23.1 Å². The lowest BCUT2D eigenvalue weighted by molar-refractivity contribution is 0.642. The molecule has 0 bridgehead atoms. The van der Waals surface area contributed by atoms with E-state index in [1.165, 1.54) is 5.56 Å². The second-order valence-corrected chi connectivity index (χ2v) is 6.61. The van der Waals surface area contributed by atoms with Gasteiger partial charge in [-0.15, -0.1) is 11.8 Å². The van der Waals surface area contributed by atoms with E-state index in [1.54, 1.807) is 11.8 Å². The van der Waals surface area contributed by atoms with Gasteiger partial charge < -0.3 is 5.32 Å². The monoisotopic (exact) mass is 276 g/mol. The molecule has 0 radical (unpaired) electrons. The molecule has 1 N–H and O–H groups in total. The zero-order chi connectivity index (χ0) is 14.3. The van der Waals surface area contributed by atoms with Crippen molar-refractivity contribution in [2.45, 2.75) is 50.8 Å². The number of thioether (sulfide) groups is 1. The minimum atomic E-state index is 0.524. The lowest BCUT2D eigenvalue weighted by Crippen LogP contribution is -2.14. The largest absolute Gasteiger partial charge is 0.313 e. The SMILES string of the molecule is CCCNCc1ccc(SC(C)C(C)C)c(C#N)c1. The summed E-state index contributed by atoms with van der Waals surface area (Å²) in [4.78, 5) is 1.10. The van der Waals surface area contributed by atoms with E-state index in [4.69, 9.17) is 0 Å². The van der Waals surface area contributed by atoms with E-state index in [0.717, 1.165) is 30.0 Å². The smallest absolute Gasteiger partial charge is 0.100 e. The third kappa shape index (κ3) is 5.26. The zero-order valence-corrected chi connectivity index (χ0v) is 13.2. The van der Waals surface area contributed by atoms with Crippen molar-refractivity contribution in [1.29, 1.82) is 5.26 Å². The van der Waals surface area contributed by atoms with Gasteiger partial charge in [-0.3, -0.25) is 0 Å². The average molecular weight is 276 g/mol. The summed E-state index contributed by atoms with van der Waals surface area (Å²) in [5, 5.41) is 13.2. The Balaban J connectivity index is 2.76. The topological polar surface area (TPSA) is 35.8 Å². The Morgan fingerprint density at radius 3 is 2.63 bits per heavy atom. The molecular formula is C16H24N2S. The maximum Gasteiger partial charge on any atom is 0.100 e. The molecule has 0 fully saturated rings. The molecule has 1 aromatic rings. The summed E-state index contributed by atoms with van der Waals surface area (Å²) in [5.74, 6) is 0.613. The summed E-state index contributed by atoms with van der Waals surface area (Å²) >= 11 is 1.80. The summed E-state index contributed by atoms with van der Waals surface area (Å²) in [5.41, 5.74) is 1.99. The average Bonchev–Trinajstić information content (AvgIpc) is 2.40. The van der Waals surface area contributed by atoms with Gasteiger partial charge in [0.1, 0.15) is 6.07 Å². The first-order valence-corrected chi connectivity index (χ1v) is 7.86. The van der Waals surface area contributed by atoms with Crippen molar-refractivity contribution in [2.24, 2.45) is 5.92 Å². The highest BCUT2D eigenvalue weighted by molar-refractivity contribution is 8.00. The van der Waals surface area contributed by atoms with E-state index in [-0.39, 0.29) is 0 Å². The number of nitrogens with zero attached hydrogens (tertiary/aromatic N) is 1. The molecule has 0 aliphatic carbocycles. The third-order valence-corrected chi connectivity index (χ3v) is 4.70. The fraction of sp³-hybridized carbons (Fsp3) is 0.562. The highest BCUT2D eigenvalue weighted by Gasteiger charge is 2.12. The molecule has 0 spiro atoms. The summed E-state index contributed by atoms with van der Waals surface area (Å²) in [6.45, 7) is 10.7. The first-order chi connectivity index (χ1) is 9.08. The first kappa shape index (κ1) is 16.1. The molecule has 19 heavy (non-hydrogen) atoms. The summed E-state index contributed by atoms with van der Waals surface area (Å²) in [7, 11) is 0. The quantitative estimate of drug-likeness (QED) is 0.599. The third-order valence-electron chi connectivity index (χ3n) is 3.17. The fourth-order valence-electron chi connectivity index (χ4n) is 1.62. The Bertz CT molecular complexity index is 435. The van der Waals surface area contributed by atoms with Gasteiger partial charge in [-0.1, -0.05) is 33.8 Å². The van der Waals surface area contributed by atoms with E-state index >= 15 is 0 Å². The van der Waals surface area contributed by atoms with Gasteiger partial charge >= 0.3 is 0 Å². The summed E-state index contributed by atoms with van der Waals surface area (Å²) in [6.07, 6.45) is 1.13. The van der Waals surface area contributed by atoms with Crippen molar-refractivity contribution in [3.05, 3.63) is 29.3 Å². The molecular weight excluding hydrogens is 252 g/mol. The Morgan fingerprint density at radius 1 is 1.32 bits per heavy atom. The van der Waals surface area contributed by atoms with Gasteiger partial charge in [-0.05, 0) is 36.6 Å². The van der Waals surface area contributed by atoms with Crippen LogP contribution in [-0.4, -0.2) is 11.8 Å². The van der Waals surface area contributed by atoms with Gasteiger partial charge in [0.15, 0.2) is 0 Å². The second kappa shape index (κ2) is 8.24. The number of rotatable bonds is 7. The number of nitrogens with one attached hydrogen (secondary N) is 1. The minimum Gasteiger partial charge on any atom is -0.313 e. The summed E-state index contributed by atoms with van der Waals surface area (Å²) < 4.78 is 0. The van der Waals surface area contributed by atoms with Crippen molar-refractivity contribution >= 4 is 11.8 Å². The molecule has 0 aromatic heterocycles. The van der Waals surface area contributed by atoms with Gasteiger partial charge in [0.05, 0.1) is 5.56 Å². The van der Waals surface area contributed by atoms with Crippen molar-refractivity contribution < 1.29 is 0 Å². The minimum absolute atomic E-state index is 0.524. The first-order valence-electron chi connectivity index (χ1n) is 6.98. The van der Waals surface area contributed by atoms with Gasteiger partial charge in [0, 0.05) is 16.7 Å². The normalized spacial score (nSPS) is 12.4. The van der Waals surface area contributed by atoms with Crippen LogP contribution >= 0.6 is 11.8 Å². The summed E-state index contributed by atoms with van der Waals surface area (Å²) in [6, 6.07) is 8.55. The molecule has 104 valence electrons. The molecule has 1 aromatic carbocycles. The van der Waals surface area contributed by atoms with Crippen LogP contribution in [0.1, 0.15) is 45.2 Å². The van der Waals surface area contributed by atoms with Crippen molar-refractivity contribution in [1.82, 2.24) is 5.32 Å². The van der Waals surface area contributed by atoms with Crippen LogP contribution in [0.2, 0.25) is 0 Å². The van der Waals surface area contributed by atoms with E-state index < -0.39 is 0 Å². The van der Waals surface area contributed by atoms with Crippen molar-refractivity contribution in [3.63, 3.8) is 0 Å². The van der Waals surface area contributed by atoms with Crippen LogP contribution < -0.4 is 5.32 Å². The van der Waals surface area contributed by atoms with E-state index in [0.29, 0.717) is 11.2 Å². The molecule has 0 saturated carbocycles. The Morgan fingerprint density at radius 2 is 2.05 bits per heavy atom. The van der Waals surface area contributed by atoms with E-state index in [2.05, 4.69) is 51.2 Å². The zero-order valence-electron chi connectivity index (χ0n) is 12.4. The van der Waals surface area contributed by atoms with E-state index in [9.17, 15) is 5.26 Å². The number of hydrogen-bond donors (Lipinski definition) is 1. The van der Waals surface area contributed by atoms with Crippen LogP contribution in [0.4, 0.5) is 0 Å². The fourth-order valence-corrected chi connectivity index (χ4v) is 2.67. The Labute approximate surface area is 121 Å². The number of nitriles is 1. The Kier molecular flexibility index (Phi) is 6.97. The molecule has 2 nitrogen and oxygen atoms in total. The predicted octanol–water partition coefficient (Wildman–Crippen LogP) is 4.19. The molecule has 1 rings (SSSR count). The second-order valence-electron chi connectivity index (χ2n) is 5.19. The number of hydrogen-bond acceptors (Lipinski definition) is 3. The van der Waals surface area contributed by atoms with Crippen LogP contribution in [0, 0.1) is 17.2 Å². The standard InChI is InChI=1S/C16H24N2S/c1-5-8-18-11-14-6-7-16(15(9-14)10-17)19-13(4)12(2)3/h6-7,9,12-13,18H,5,8,11H2,1-4H3. The molecule has 0 saturated heterocycles. The lowest BCUT2D eigenvalue weighted by atomic mass is 10.1. The predicted molar refractivity (Wildman–Crippen MR) is 83.3 cm³/mol. The molecule has 0 aliphatic heterocycles. The van der Waals surface area contributed by atoms with Gasteiger partial charge in [-0.25, -0.2) is 0 Å². The van der Waals surface area contributed by atoms with E-state index in [1.807, 2.05) is 6.07 Å². The molecule has 1 atom stereocenters. The number of benzene rings is 1. The van der Waals surface area contributed by atoms with Gasteiger partial charge in [0.25, 0.3) is 0 Å². The highest BCUT2D eigenvalue weighted by Crippen LogP contribution is 2.30.